The molecule has 3 rings (SSSR count). The van der Waals surface area contributed by atoms with Crippen molar-refractivity contribution in [1.82, 2.24) is 4.98 Å². The molecule has 2 aliphatic rings. The average Bonchev–Trinajstić information content (AvgIpc) is 3.35. The van der Waals surface area contributed by atoms with Crippen LogP contribution in [0.1, 0.15) is 61.5 Å². The van der Waals surface area contributed by atoms with E-state index >= 15 is 0 Å². The van der Waals surface area contributed by atoms with Gasteiger partial charge in [0, 0.05) is 5.56 Å². The summed E-state index contributed by atoms with van der Waals surface area (Å²) in [6.07, 6.45) is 1.74. The van der Waals surface area contributed by atoms with E-state index < -0.39 is 31.9 Å². The van der Waals surface area contributed by atoms with E-state index in [-0.39, 0.29) is 16.1 Å². The Morgan fingerprint density at radius 3 is 2.36 bits per heavy atom. The fourth-order valence-electron chi connectivity index (χ4n) is 3.00. The molecule has 0 radical (unpaired) electrons. The van der Waals surface area contributed by atoms with Crippen LogP contribution in [0, 0.1) is 11.7 Å². The van der Waals surface area contributed by atoms with Crippen LogP contribution in [0.2, 0.25) is 23.3 Å². The van der Waals surface area contributed by atoms with E-state index in [0.29, 0.717) is 11.3 Å². The van der Waals surface area contributed by atoms with Gasteiger partial charge in [-0.3, -0.25) is 0 Å². The van der Waals surface area contributed by atoms with Gasteiger partial charge in [-0.1, -0.05) is 32.4 Å². The van der Waals surface area contributed by atoms with Gasteiger partial charge in [-0.05, 0) is 56.8 Å². The lowest BCUT2D eigenvalue weighted by Gasteiger charge is -2.43. The Balaban J connectivity index is 2.05. The molecule has 1 aromatic rings. The van der Waals surface area contributed by atoms with Crippen molar-refractivity contribution in [2.45, 2.75) is 76.8 Å². The summed E-state index contributed by atoms with van der Waals surface area (Å²) in [5.74, 6) is -0.560. The molecule has 1 aliphatic heterocycles. The second-order valence-corrected chi connectivity index (χ2v) is 14.3. The predicted molar refractivity (Wildman–Crippen MR) is 101 cm³/mol. The first kappa shape index (κ1) is 16.7. The lowest BCUT2D eigenvalue weighted by atomic mass is 9.93. The summed E-state index contributed by atoms with van der Waals surface area (Å²) in [6, 6.07) is 1.59. The highest BCUT2D eigenvalue weighted by atomic mass is 35.5. The van der Waals surface area contributed by atoms with Crippen LogP contribution >= 0.6 is 11.6 Å². The first-order valence-corrected chi connectivity index (χ1v) is 12.1. The number of aromatic nitrogens is 1. The molecule has 1 unspecified atom stereocenters. The summed E-state index contributed by atoms with van der Waals surface area (Å²) >= 11 is 6.13. The number of halogens is 2. The maximum atomic E-state index is 15.0. The molecule has 1 saturated heterocycles. The quantitative estimate of drug-likeness (QED) is 0.365. The number of pyridine rings is 1. The topological polar surface area (TPSA) is 34.6 Å². The maximum Gasteiger partial charge on any atom is 0.193 e. The fourth-order valence-corrected chi connectivity index (χ4v) is 4.88. The Hall–Kier alpha value is -0.493. The molecular weight excluding hydrogens is 357 g/mol. The van der Waals surface area contributed by atoms with Crippen molar-refractivity contribution in [2.75, 3.05) is 6.56 Å². The van der Waals surface area contributed by atoms with E-state index in [4.69, 9.17) is 23.5 Å². The highest BCUT2D eigenvalue weighted by Gasteiger charge is 2.59. The van der Waals surface area contributed by atoms with E-state index in [1.165, 1.54) is 0 Å². The second-order valence-electron chi connectivity index (χ2n) is 9.25. The molecule has 1 aliphatic carbocycles. The Morgan fingerprint density at radius 2 is 1.92 bits per heavy atom. The zero-order valence-corrected chi connectivity index (χ0v) is 17.8. The molecule has 2 heterocycles. The van der Waals surface area contributed by atoms with Crippen LogP contribution in [0.25, 0.3) is 0 Å². The third-order valence-corrected chi connectivity index (χ3v) is 10.6. The maximum absolute atomic E-state index is 15.0. The molecule has 140 valence electrons. The first-order valence-electron chi connectivity index (χ1n) is 9.82. The van der Waals surface area contributed by atoms with Crippen LogP contribution in [-0.2, 0) is 20.4 Å². The third-order valence-electron chi connectivity index (χ3n) is 5.74. The van der Waals surface area contributed by atoms with Crippen molar-refractivity contribution < 1.29 is 16.3 Å². The summed E-state index contributed by atoms with van der Waals surface area (Å²) in [5.41, 5.74) is -1.38. The molecule has 1 atom stereocenters. The predicted octanol–water partition coefficient (Wildman–Crippen LogP) is 5.77. The molecule has 6 heteroatoms. The Morgan fingerprint density at radius 1 is 1.36 bits per heavy atom. The smallest absolute Gasteiger partial charge is 0.193 e. The van der Waals surface area contributed by atoms with Crippen molar-refractivity contribution in [2.24, 2.45) is 5.92 Å². The van der Waals surface area contributed by atoms with Gasteiger partial charge >= 0.3 is 0 Å². The minimum absolute atomic E-state index is 0.0350. The van der Waals surface area contributed by atoms with Crippen LogP contribution in [0.4, 0.5) is 4.39 Å². The van der Waals surface area contributed by atoms with Crippen LogP contribution in [0.15, 0.2) is 6.07 Å². The van der Waals surface area contributed by atoms with Gasteiger partial charge in [0.1, 0.15) is 5.60 Å². The molecule has 0 bridgehead atoms. The minimum Gasteiger partial charge on any atom is -0.408 e. The molecule has 2 fully saturated rings. The average molecular weight is 388 g/mol. The van der Waals surface area contributed by atoms with Gasteiger partial charge in [0.15, 0.2) is 19.3 Å². The highest BCUT2D eigenvalue weighted by Crippen LogP contribution is 2.56. The first-order chi connectivity index (χ1) is 12.1. The van der Waals surface area contributed by atoms with Crippen LogP contribution in [0.5, 0.6) is 0 Å². The fraction of sp³-hybridized carbons (Fsp3) is 0.737. The van der Waals surface area contributed by atoms with Crippen molar-refractivity contribution in [1.29, 1.82) is 0 Å². The molecular formula is C19H29ClFNO2Si. The third kappa shape index (κ3) is 3.41. The number of hydrogen-bond acceptors (Lipinski definition) is 3. The van der Waals surface area contributed by atoms with Gasteiger partial charge in [-0.25, -0.2) is 9.37 Å². The van der Waals surface area contributed by atoms with Crippen molar-refractivity contribution >= 4 is 19.9 Å². The van der Waals surface area contributed by atoms with E-state index in [9.17, 15) is 4.39 Å². The van der Waals surface area contributed by atoms with Crippen molar-refractivity contribution in [3.8, 4) is 0 Å². The van der Waals surface area contributed by atoms with Crippen LogP contribution in [-0.4, -0.2) is 19.9 Å². The normalized spacial score (nSPS) is 27.7. The lowest BCUT2D eigenvalue weighted by Crippen LogP contribution is -2.46. The Labute approximate surface area is 159 Å². The molecule has 25 heavy (non-hydrogen) atoms. The van der Waals surface area contributed by atoms with Gasteiger partial charge in [-0.2, -0.15) is 0 Å². The van der Waals surface area contributed by atoms with Gasteiger partial charge in [0.25, 0.3) is 0 Å². The van der Waals surface area contributed by atoms with Gasteiger partial charge in [-0.15, -0.1) is 0 Å². The van der Waals surface area contributed by atoms with Gasteiger partial charge < -0.3 is 9.16 Å². The number of hydrogen-bond donors (Lipinski definition) is 0. The van der Waals surface area contributed by atoms with E-state index in [0.717, 1.165) is 12.8 Å². The Kier molecular flexibility index (Phi) is 3.83. The summed E-state index contributed by atoms with van der Waals surface area (Å²) in [7, 11) is -2.18. The zero-order chi connectivity index (χ0) is 20.6. The number of epoxide rings is 1. The van der Waals surface area contributed by atoms with Crippen molar-refractivity contribution in [3.63, 3.8) is 0 Å². The molecule has 0 aromatic carbocycles. The number of ether oxygens (including phenoxy) is 1. The van der Waals surface area contributed by atoms with Gasteiger partial charge in [0.05, 0.1) is 20.6 Å². The molecule has 0 N–H and O–H groups in total. The van der Waals surface area contributed by atoms with Crippen LogP contribution < -0.4 is 0 Å². The largest absolute Gasteiger partial charge is 0.408 e. The lowest BCUT2D eigenvalue weighted by molar-refractivity contribution is 0.0857. The second kappa shape index (κ2) is 5.75. The monoisotopic (exact) mass is 387 g/mol. The summed E-state index contributed by atoms with van der Waals surface area (Å²) in [5, 5.41) is -0.298. The van der Waals surface area contributed by atoms with E-state index in [2.05, 4.69) is 38.8 Å². The summed E-state index contributed by atoms with van der Waals surface area (Å²) < 4.78 is 43.1. The minimum atomic E-state index is -2.18. The number of rotatable bonds is 5. The molecule has 1 saturated carbocycles. The van der Waals surface area contributed by atoms with E-state index in [1.807, 2.05) is 13.8 Å². The molecule has 3 nitrogen and oxygen atoms in total. The SMILES string of the molecule is [2H]C1([2H])OC1(c1cc(C(C)(C)O[Si](C)(C)C(C)(C)C)c(F)c(Cl)n1)C1CC1. The summed E-state index contributed by atoms with van der Waals surface area (Å²) in [6.45, 7) is 12.5. The van der Waals surface area contributed by atoms with E-state index in [1.54, 1.807) is 6.07 Å². The Bertz CT molecular complexity index is 778. The van der Waals surface area contributed by atoms with Crippen molar-refractivity contribution in [3.05, 3.63) is 28.3 Å². The molecule has 1 aromatic heterocycles. The molecule has 0 spiro atoms. The van der Waals surface area contributed by atoms with Crippen LogP contribution in [0.3, 0.4) is 0 Å². The molecule has 0 amide bonds. The summed E-state index contributed by atoms with van der Waals surface area (Å²) in [4.78, 5) is 4.16. The zero-order valence-electron chi connectivity index (χ0n) is 18.1. The number of nitrogens with zero attached hydrogens (tertiary/aromatic N) is 1. The van der Waals surface area contributed by atoms with Gasteiger partial charge in [0.2, 0.25) is 0 Å². The standard InChI is InChI=1S/C19H29ClFNO2Si/c1-17(2,3)25(6,7)24-18(4,5)13-10-14(22-16(20)15(13)21)19(11-23-19)12-8-9-12/h10,12H,8-9,11H2,1-7H3/i11D2. The highest BCUT2D eigenvalue weighted by molar-refractivity contribution is 6.74.